The molecule has 12 heteroatoms. The third-order valence-electron chi connectivity index (χ3n) is 6.13. The predicted octanol–water partition coefficient (Wildman–Crippen LogP) is 5.07. The van der Waals surface area contributed by atoms with Crippen LogP contribution in [0.5, 0.6) is 0 Å². The first-order chi connectivity index (χ1) is 16.8. The summed E-state index contributed by atoms with van der Waals surface area (Å²) in [4.78, 5) is 20.2. The normalized spacial score (nSPS) is 22.1. The van der Waals surface area contributed by atoms with E-state index in [1.54, 1.807) is 31.5 Å². The zero-order valence-electron chi connectivity index (χ0n) is 21.1. The third kappa shape index (κ3) is 6.51. The molecule has 4 rings (SSSR count). The minimum atomic E-state index is -4.63. The lowest BCUT2D eigenvalue weighted by atomic mass is 9.93. The quantitative estimate of drug-likeness (QED) is 0.486. The molecule has 4 heterocycles. The summed E-state index contributed by atoms with van der Waals surface area (Å²) in [5, 5.41) is 5.23. The van der Waals surface area contributed by atoms with Crippen molar-refractivity contribution in [3.8, 4) is 0 Å². The van der Waals surface area contributed by atoms with Crippen molar-refractivity contribution in [2.75, 3.05) is 31.3 Å². The number of fused-ring (bicyclic) bond motifs is 2. The summed E-state index contributed by atoms with van der Waals surface area (Å²) in [6.07, 6.45) is -4.77. The van der Waals surface area contributed by atoms with Gasteiger partial charge in [-0.3, -0.25) is 14.5 Å². The third-order valence-corrected chi connectivity index (χ3v) is 7.07. The van der Waals surface area contributed by atoms with E-state index in [4.69, 9.17) is 9.47 Å². The molecular formula is C24H32F3N5O3S. The number of carbonyl (C=O) groups excluding carboxylic acids is 1. The van der Waals surface area contributed by atoms with Crippen LogP contribution in [0.25, 0.3) is 0 Å². The van der Waals surface area contributed by atoms with E-state index in [1.807, 2.05) is 26.1 Å². The fourth-order valence-corrected chi connectivity index (χ4v) is 5.39. The van der Waals surface area contributed by atoms with Crippen LogP contribution in [0.2, 0.25) is 0 Å². The first kappa shape index (κ1) is 26.7. The van der Waals surface area contributed by atoms with Crippen LogP contribution in [0.1, 0.15) is 50.2 Å². The zero-order valence-corrected chi connectivity index (χ0v) is 21.9. The van der Waals surface area contributed by atoms with Crippen LogP contribution in [-0.4, -0.2) is 64.0 Å². The Labute approximate surface area is 213 Å². The van der Waals surface area contributed by atoms with Gasteiger partial charge in [0.2, 0.25) is 0 Å². The van der Waals surface area contributed by atoms with Gasteiger partial charge in [0.05, 0.1) is 19.0 Å². The molecule has 0 aliphatic carbocycles. The Morgan fingerprint density at radius 3 is 2.64 bits per heavy atom. The average Bonchev–Trinajstić information content (AvgIpc) is 3.22. The highest BCUT2D eigenvalue weighted by molar-refractivity contribution is 7.98. The van der Waals surface area contributed by atoms with Crippen LogP contribution in [0.15, 0.2) is 23.2 Å². The first-order valence-electron chi connectivity index (χ1n) is 11.8. The Morgan fingerprint density at radius 2 is 2.03 bits per heavy atom. The molecule has 2 aromatic heterocycles. The van der Waals surface area contributed by atoms with Gasteiger partial charge in [-0.15, -0.1) is 0 Å². The molecule has 0 radical (unpaired) electrons. The van der Waals surface area contributed by atoms with Crippen molar-refractivity contribution >= 4 is 23.7 Å². The fraction of sp³-hybridized carbons (Fsp3) is 0.625. The number of ether oxygens (including phenoxy) is 2. The highest BCUT2D eigenvalue weighted by Crippen LogP contribution is 2.41. The maximum absolute atomic E-state index is 13.6. The Kier molecular flexibility index (Phi) is 7.59. The summed E-state index contributed by atoms with van der Waals surface area (Å²) < 4.78 is 53.4. The van der Waals surface area contributed by atoms with Gasteiger partial charge in [0.25, 0.3) is 0 Å². The molecule has 0 aromatic carbocycles. The first-order valence-corrected chi connectivity index (χ1v) is 12.8. The standard InChI is InChI=1S/C24H32F3N5O3S/c1-15-8-20(29-30(15)5)36-12-18-9-17(21-16-6-7-31(21)14-34-11-16)10-19(28-18)32(13-24(25,26)27)22(33)35-23(2,3)4/h8-10,16,21H,6-7,11-14H2,1-5H3. The minimum absolute atomic E-state index is 0.00674. The van der Waals surface area contributed by atoms with Gasteiger partial charge in [0.1, 0.15) is 23.0 Å². The second kappa shape index (κ2) is 10.2. The van der Waals surface area contributed by atoms with Gasteiger partial charge in [-0.05, 0) is 57.9 Å². The number of amides is 1. The number of thioether (sulfide) groups is 1. The Bertz CT molecular complexity index is 1070. The number of alkyl halides is 3. The van der Waals surface area contributed by atoms with Crippen molar-refractivity contribution in [1.82, 2.24) is 19.7 Å². The monoisotopic (exact) mass is 527 g/mol. The number of hydrogen-bond donors (Lipinski definition) is 0. The summed E-state index contributed by atoms with van der Waals surface area (Å²) in [6.45, 7) is 7.20. The molecular weight excluding hydrogens is 495 g/mol. The lowest BCUT2D eigenvalue weighted by Gasteiger charge is -2.34. The second-order valence-corrected chi connectivity index (χ2v) is 11.3. The topological polar surface area (TPSA) is 72.7 Å². The van der Waals surface area contributed by atoms with Crippen LogP contribution in [0, 0.1) is 12.8 Å². The molecule has 0 saturated carbocycles. The van der Waals surface area contributed by atoms with Crippen LogP contribution >= 0.6 is 11.8 Å². The molecule has 1 amide bonds. The van der Waals surface area contributed by atoms with Gasteiger partial charge in [-0.2, -0.15) is 18.3 Å². The maximum atomic E-state index is 13.6. The molecule has 198 valence electrons. The number of aryl methyl sites for hydroxylation is 2. The highest BCUT2D eigenvalue weighted by atomic mass is 32.2. The van der Waals surface area contributed by atoms with Crippen LogP contribution in [0.4, 0.5) is 23.8 Å². The number of carbonyl (C=O) groups is 1. The van der Waals surface area contributed by atoms with E-state index in [2.05, 4.69) is 15.0 Å². The molecule has 0 spiro atoms. The van der Waals surface area contributed by atoms with Crippen molar-refractivity contribution in [2.24, 2.45) is 13.0 Å². The van der Waals surface area contributed by atoms with Gasteiger partial charge in [0, 0.05) is 37.0 Å². The lowest BCUT2D eigenvalue weighted by molar-refractivity contribution is -0.119. The summed E-state index contributed by atoms with van der Waals surface area (Å²) in [7, 11) is 1.85. The van der Waals surface area contributed by atoms with E-state index in [0.29, 0.717) is 29.7 Å². The molecule has 2 saturated heterocycles. The maximum Gasteiger partial charge on any atom is 0.416 e. The number of halogens is 3. The SMILES string of the molecule is Cc1cc(SCc2cc(C3C4CCN3COC4)cc(N(CC(F)(F)F)C(=O)OC(C)(C)C)n2)nn1C. The van der Waals surface area contributed by atoms with Crippen LogP contribution in [0.3, 0.4) is 0 Å². The molecule has 2 aromatic rings. The van der Waals surface area contributed by atoms with Crippen LogP contribution in [-0.2, 0) is 22.3 Å². The molecule has 2 aliphatic rings. The summed E-state index contributed by atoms with van der Waals surface area (Å²) in [5.74, 6) is 0.545. The van der Waals surface area contributed by atoms with Gasteiger partial charge in [0.15, 0.2) is 0 Å². The number of hydrogen-bond acceptors (Lipinski definition) is 7. The van der Waals surface area contributed by atoms with E-state index in [0.717, 1.165) is 29.2 Å². The Morgan fingerprint density at radius 1 is 1.28 bits per heavy atom. The van der Waals surface area contributed by atoms with Crippen molar-refractivity contribution < 1.29 is 27.4 Å². The number of nitrogens with zero attached hydrogens (tertiary/aromatic N) is 5. The summed E-state index contributed by atoms with van der Waals surface area (Å²) >= 11 is 1.44. The number of aromatic nitrogens is 3. The van der Waals surface area contributed by atoms with Crippen molar-refractivity contribution in [3.63, 3.8) is 0 Å². The molecule has 2 aliphatic heterocycles. The average molecular weight is 528 g/mol. The van der Waals surface area contributed by atoms with E-state index in [1.165, 1.54) is 11.8 Å². The highest BCUT2D eigenvalue weighted by Gasteiger charge is 2.41. The Hall–Kier alpha value is -2.31. The Balaban J connectivity index is 1.71. The van der Waals surface area contributed by atoms with Gasteiger partial charge < -0.3 is 9.47 Å². The van der Waals surface area contributed by atoms with E-state index < -0.39 is 24.4 Å². The number of rotatable bonds is 6. The second-order valence-electron chi connectivity index (χ2n) is 10.3. The lowest BCUT2D eigenvalue weighted by Crippen LogP contribution is -2.43. The smallest absolute Gasteiger partial charge is 0.416 e. The molecule has 0 N–H and O–H groups in total. The summed E-state index contributed by atoms with van der Waals surface area (Å²) in [5.41, 5.74) is 1.43. The van der Waals surface area contributed by atoms with E-state index in [9.17, 15) is 18.0 Å². The molecule has 8 nitrogen and oxygen atoms in total. The zero-order chi connectivity index (χ0) is 26.3. The molecule has 3 unspecified atom stereocenters. The van der Waals surface area contributed by atoms with Crippen molar-refractivity contribution in [3.05, 3.63) is 35.2 Å². The molecule has 36 heavy (non-hydrogen) atoms. The van der Waals surface area contributed by atoms with Gasteiger partial charge >= 0.3 is 12.3 Å². The predicted molar refractivity (Wildman–Crippen MR) is 130 cm³/mol. The van der Waals surface area contributed by atoms with E-state index >= 15 is 0 Å². The molecule has 2 bridgehead atoms. The largest absolute Gasteiger partial charge is 0.443 e. The minimum Gasteiger partial charge on any atom is -0.443 e. The number of anilines is 1. The van der Waals surface area contributed by atoms with E-state index in [-0.39, 0.29) is 17.8 Å². The van der Waals surface area contributed by atoms with Gasteiger partial charge in [-0.25, -0.2) is 9.78 Å². The summed E-state index contributed by atoms with van der Waals surface area (Å²) in [6, 6.07) is 5.45. The van der Waals surface area contributed by atoms with Crippen LogP contribution < -0.4 is 4.90 Å². The van der Waals surface area contributed by atoms with Gasteiger partial charge in [-0.1, -0.05) is 11.8 Å². The number of pyridine rings is 1. The van der Waals surface area contributed by atoms with Crippen molar-refractivity contribution in [1.29, 1.82) is 0 Å². The molecule has 2 fully saturated rings. The van der Waals surface area contributed by atoms with Crippen molar-refractivity contribution in [2.45, 2.75) is 62.7 Å². The molecule has 3 atom stereocenters. The fourth-order valence-electron chi connectivity index (χ4n) is 4.51.